The molecule has 1 N–H and O–H groups in total. The molecule has 1 unspecified atom stereocenters. The van der Waals surface area contributed by atoms with Crippen molar-refractivity contribution in [3.8, 4) is 11.8 Å². The average molecular weight is 397 g/mol. The first kappa shape index (κ1) is 20.2. The number of hydrogen-bond donors (Lipinski definition) is 1. The fraction of sp³-hybridized carbons (Fsp3) is 0.391. The Morgan fingerprint density at radius 3 is 2.64 bits per heavy atom. The van der Waals surface area contributed by atoms with Crippen LogP contribution in [0.1, 0.15) is 57.1 Å². The van der Waals surface area contributed by atoms with Crippen LogP contribution < -0.4 is 10.1 Å². The van der Waals surface area contributed by atoms with Crippen molar-refractivity contribution in [2.24, 2.45) is 0 Å². The lowest BCUT2D eigenvalue weighted by Gasteiger charge is -2.29. The van der Waals surface area contributed by atoms with Gasteiger partial charge in [0.1, 0.15) is 11.8 Å². The van der Waals surface area contributed by atoms with E-state index < -0.39 is 5.41 Å². The molecule has 1 amide bonds. The number of anilines is 1. The van der Waals surface area contributed by atoms with Crippen molar-refractivity contribution >= 4 is 23.2 Å². The van der Waals surface area contributed by atoms with Crippen LogP contribution in [0, 0.1) is 11.3 Å². The number of nitrogens with one attached hydrogen (secondary N) is 1. The number of benzene rings is 2. The minimum Gasteiger partial charge on any atom is -0.491 e. The van der Waals surface area contributed by atoms with Crippen LogP contribution in [0.25, 0.3) is 0 Å². The van der Waals surface area contributed by atoms with E-state index in [2.05, 4.69) is 11.4 Å². The summed E-state index contributed by atoms with van der Waals surface area (Å²) < 4.78 is 5.79. The molecule has 2 aromatic carbocycles. The summed E-state index contributed by atoms with van der Waals surface area (Å²) in [5.41, 5.74) is 1.10. The number of nitrogens with zero attached hydrogens (tertiary/aromatic N) is 1. The maximum absolute atomic E-state index is 13.4. The summed E-state index contributed by atoms with van der Waals surface area (Å²) >= 11 is 6.43. The van der Waals surface area contributed by atoms with Crippen molar-refractivity contribution in [1.82, 2.24) is 0 Å². The SMILES string of the molecule is CCC(C)Oc1ccc(NC(=O)C2(c3ccccc3Cl)CCCC2)c(C#N)c1. The minimum atomic E-state index is -0.656. The van der Waals surface area contributed by atoms with E-state index >= 15 is 0 Å². The second-order valence-electron chi connectivity index (χ2n) is 7.38. The van der Waals surface area contributed by atoms with E-state index in [0.29, 0.717) is 22.0 Å². The molecule has 1 aliphatic carbocycles. The molecule has 0 aliphatic heterocycles. The maximum Gasteiger partial charge on any atom is 0.235 e. The minimum absolute atomic E-state index is 0.0639. The van der Waals surface area contributed by atoms with Gasteiger partial charge in [-0.15, -0.1) is 0 Å². The molecule has 5 heteroatoms. The molecule has 3 rings (SSSR count). The van der Waals surface area contributed by atoms with E-state index in [0.717, 1.165) is 37.7 Å². The van der Waals surface area contributed by atoms with Crippen molar-refractivity contribution in [3.05, 3.63) is 58.6 Å². The zero-order chi connectivity index (χ0) is 20.1. The molecule has 28 heavy (non-hydrogen) atoms. The van der Waals surface area contributed by atoms with Gasteiger partial charge in [0.05, 0.1) is 22.8 Å². The van der Waals surface area contributed by atoms with Crippen LogP contribution in [0.5, 0.6) is 5.75 Å². The van der Waals surface area contributed by atoms with Gasteiger partial charge in [0.2, 0.25) is 5.91 Å². The number of nitriles is 1. The number of amides is 1. The first-order valence-electron chi connectivity index (χ1n) is 9.77. The number of hydrogen-bond acceptors (Lipinski definition) is 3. The second kappa shape index (κ2) is 8.67. The van der Waals surface area contributed by atoms with E-state index in [9.17, 15) is 10.1 Å². The van der Waals surface area contributed by atoms with Crippen LogP contribution in [0.2, 0.25) is 5.02 Å². The molecule has 1 atom stereocenters. The Kier molecular flexibility index (Phi) is 6.26. The van der Waals surface area contributed by atoms with Crippen molar-refractivity contribution in [3.63, 3.8) is 0 Å². The van der Waals surface area contributed by atoms with Crippen LogP contribution >= 0.6 is 11.6 Å². The highest BCUT2D eigenvalue weighted by molar-refractivity contribution is 6.32. The maximum atomic E-state index is 13.4. The summed E-state index contributed by atoms with van der Waals surface area (Å²) in [6, 6.07) is 14.9. The Labute approximate surface area is 171 Å². The predicted molar refractivity (Wildman–Crippen MR) is 112 cm³/mol. The van der Waals surface area contributed by atoms with Gasteiger partial charge in [0, 0.05) is 11.1 Å². The summed E-state index contributed by atoms with van der Waals surface area (Å²) in [4.78, 5) is 13.4. The lowest BCUT2D eigenvalue weighted by Crippen LogP contribution is -2.38. The van der Waals surface area contributed by atoms with Crippen molar-refractivity contribution in [2.45, 2.75) is 57.5 Å². The topological polar surface area (TPSA) is 62.1 Å². The van der Waals surface area contributed by atoms with E-state index in [1.54, 1.807) is 18.2 Å². The summed E-state index contributed by atoms with van der Waals surface area (Å²) in [6.07, 6.45) is 4.39. The zero-order valence-electron chi connectivity index (χ0n) is 16.3. The molecule has 0 saturated heterocycles. The summed E-state index contributed by atoms with van der Waals surface area (Å²) in [5.74, 6) is 0.524. The number of carbonyl (C=O) groups excluding carboxylic acids is 1. The third-order valence-electron chi connectivity index (χ3n) is 5.55. The fourth-order valence-corrected chi connectivity index (χ4v) is 4.12. The van der Waals surface area contributed by atoms with Crippen molar-refractivity contribution < 1.29 is 9.53 Å². The van der Waals surface area contributed by atoms with Crippen LogP contribution in [-0.2, 0) is 10.2 Å². The third-order valence-corrected chi connectivity index (χ3v) is 5.88. The molecular weight excluding hydrogens is 372 g/mol. The van der Waals surface area contributed by atoms with Gasteiger partial charge in [-0.1, -0.05) is 49.6 Å². The standard InChI is InChI=1S/C23H25ClN2O2/c1-3-16(2)28-18-10-11-21(17(14-18)15-25)26-22(27)23(12-6-7-13-23)19-8-4-5-9-20(19)24/h4-5,8-11,14,16H,3,6-7,12-13H2,1-2H3,(H,26,27). The highest BCUT2D eigenvalue weighted by atomic mass is 35.5. The Hall–Kier alpha value is -2.51. The van der Waals surface area contributed by atoms with Gasteiger partial charge in [-0.05, 0) is 49.9 Å². The van der Waals surface area contributed by atoms with Crippen LogP contribution in [-0.4, -0.2) is 12.0 Å². The summed E-state index contributed by atoms with van der Waals surface area (Å²) in [6.45, 7) is 4.02. The number of rotatable bonds is 6. The third kappa shape index (κ3) is 4.00. The molecule has 0 bridgehead atoms. The Morgan fingerprint density at radius 2 is 2.00 bits per heavy atom. The second-order valence-corrected chi connectivity index (χ2v) is 7.79. The molecule has 146 valence electrons. The first-order chi connectivity index (χ1) is 13.5. The Morgan fingerprint density at radius 1 is 1.29 bits per heavy atom. The Balaban J connectivity index is 1.89. The molecule has 1 saturated carbocycles. The molecule has 1 aliphatic rings. The quantitative estimate of drug-likeness (QED) is 0.667. The predicted octanol–water partition coefficient (Wildman–Crippen LogP) is 5.84. The van der Waals surface area contributed by atoms with E-state index in [1.165, 1.54) is 0 Å². The van der Waals surface area contributed by atoms with Crippen LogP contribution in [0.15, 0.2) is 42.5 Å². The molecule has 4 nitrogen and oxygen atoms in total. The van der Waals surface area contributed by atoms with Gasteiger partial charge >= 0.3 is 0 Å². The molecule has 2 aromatic rings. The van der Waals surface area contributed by atoms with Gasteiger partial charge in [-0.3, -0.25) is 4.79 Å². The lowest BCUT2D eigenvalue weighted by atomic mass is 9.78. The zero-order valence-corrected chi connectivity index (χ0v) is 17.1. The van der Waals surface area contributed by atoms with Crippen molar-refractivity contribution in [2.75, 3.05) is 5.32 Å². The molecule has 0 radical (unpaired) electrons. The summed E-state index contributed by atoms with van der Waals surface area (Å²) in [7, 11) is 0. The van der Waals surface area contributed by atoms with E-state index in [1.807, 2.05) is 38.1 Å². The van der Waals surface area contributed by atoms with Gasteiger partial charge in [-0.2, -0.15) is 5.26 Å². The molecule has 0 aromatic heterocycles. The van der Waals surface area contributed by atoms with Gasteiger partial charge in [0.25, 0.3) is 0 Å². The monoisotopic (exact) mass is 396 g/mol. The largest absolute Gasteiger partial charge is 0.491 e. The van der Waals surface area contributed by atoms with Gasteiger partial charge in [-0.25, -0.2) is 0 Å². The molecular formula is C23H25ClN2O2. The van der Waals surface area contributed by atoms with E-state index in [4.69, 9.17) is 16.3 Å². The smallest absolute Gasteiger partial charge is 0.235 e. The van der Waals surface area contributed by atoms with Crippen LogP contribution in [0.3, 0.4) is 0 Å². The normalized spacial score (nSPS) is 16.2. The van der Waals surface area contributed by atoms with Crippen molar-refractivity contribution in [1.29, 1.82) is 5.26 Å². The number of halogens is 1. The molecule has 0 spiro atoms. The number of ether oxygens (including phenoxy) is 1. The highest BCUT2D eigenvalue weighted by Gasteiger charge is 2.44. The average Bonchev–Trinajstić information content (AvgIpc) is 3.20. The highest BCUT2D eigenvalue weighted by Crippen LogP contribution is 2.44. The van der Waals surface area contributed by atoms with E-state index in [-0.39, 0.29) is 12.0 Å². The fourth-order valence-electron chi connectivity index (χ4n) is 3.80. The van der Waals surface area contributed by atoms with Gasteiger partial charge in [0.15, 0.2) is 0 Å². The Bertz CT molecular complexity index is 898. The molecule has 1 fully saturated rings. The number of carbonyl (C=O) groups is 1. The molecule has 0 heterocycles. The summed E-state index contributed by atoms with van der Waals surface area (Å²) in [5, 5.41) is 13.2. The first-order valence-corrected chi connectivity index (χ1v) is 10.1. The van der Waals surface area contributed by atoms with Crippen LogP contribution in [0.4, 0.5) is 5.69 Å². The van der Waals surface area contributed by atoms with Gasteiger partial charge < -0.3 is 10.1 Å². The lowest BCUT2D eigenvalue weighted by molar-refractivity contribution is -0.121.